The van der Waals surface area contributed by atoms with Crippen LogP contribution in [0.15, 0.2) is 36.0 Å². The molecule has 1 N–H and O–H groups in total. The maximum absolute atomic E-state index is 11.0. The second-order valence-corrected chi connectivity index (χ2v) is 6.14. The first-order chi connectivity index (χ1) is 13.1. The van der Waals surface area contributed by atoms with Crippen LogP contribution in [0.1, 0.15) is 24.0 Å². The maximum atomic E-state index is 11.0. The molecule has 0 unspecified atom stereocenters. The molecule has 0 bridgehead atoms. The lowest BCUT2D eigenvalue weighted by Crippen LogP contribution is -2.41. The molecule has 1 aliphatic heterocycles. The molecule has 9 nitrogen and oxygen atoms in total. The number of carboxylic acid groups (broad SMARTS) is 1. The summed E-state index contributed by atoms with van der Waals surface area (Å²) < 4.78 is 5.92. The molecule has 0 saturated carbocycles. The summed E-state index contributed by atoms with van der Waals surface area (Å²) in [6.45, 7) is 2.70. The summed E-state index contributed by atoms with van der Waals surface area (Å²) in [4.78, 5) is 30.0. The average Bonchev–Trinajstić information content (AvgIpc) is 2.69. The van der Waals surface area contributed by atoms with Gasteiger partial charge in [0.05, 0.1) is 5.56 Å². The van der Waals surface area contributed by atoms with Crippen LogP contribution >= 0.6 is 0 Å². The SMILES string of the molecule is Cc1c(ON=CCc2cccnc2)ncnc1OC1CCN(C(=O)O)CC1. The minimum absolute atomic E-state index is 0.0869. The number of hydrogen-bond acceptors (Lipinski definition) is 7. The molecular weight excluding hydrogens is 350 g/mol. The van der Waals surface area contributed by atoms with E-state index >= 15 is 0 Å². The number of hydrogen-bond donors (Lipinski definition) is 1. The van der Waals surface area contributed by atoms with E-state index in [0.717, 1.165) is 5.56 Å². The third-order valence-corrected chi connectivity index (χ3v) is 4.25. The minimum Gasteiger partial charge on any atom is -0.474 e. The molecule has 0 aliphatic carbocycles. The second kappa shape index (κ2) is 8.93. The van der Waals surface area contributed by atoms with Crippen LogP contribution in [0.2, 0.25) is 0 Å². The summed E-state index contributed by atoms with van der Waals surface area (Å²) in [5, 5.41) is 12.9. The highest BCUT2D eigenvalue weighted by molar-refractivity contribution is 5.65. The molecular formula is C18H21N5O4. The number of pyridine rings is 1. The van der Waals surface area contributed by atoms with E-state index in [2.05, 4.69) is 20.1 Å². The smallest absolute Gasteiger partial charge is 0.407 e. The zero-order valence-electron chi connectivity index (χ0n) is 15.0. The van der Waals surface area contributed by atoms with Crippen molar-refractivity contribution in [2.45, 2.75) is 32.3 Å². The van der Waals surface area contributed by atoms with Crippen LogP contribution < -0.4 is 9.57 Å². The molecule has 3 rings (SSSR count). The van der Waals surface area contributed by atoms with Crippen LogP contribution in [0.3, 0.4) is 0 Å². The van der Waals surface area contributed by atoms with Crippen LogP contribution in [0.25, 0.3) is 0 Å². The van der Waals surface area contributed by atoms with Crippen molar-refractivity contribution in [1.82, 2.24) is 19.9 Å². The van der Waals surface area contributed by atoms with Gasteiger partial charge in [0.15, 0.2) is 0 Å². The van der Waals surface area contributed by atoms with Crippen LogP contribution in [0.5, 0.6) is 11.8 Å². The van der Waals surface area contributed by atoms with Gasteiger partial charge in [0, 0.05) is 51.0 Å². The number of nitrogens with zero attached hydrogens (tertiary/aromatic N) is 5. The molecule has 2 aromatic heterocycles. The van der Waals surface area contributed by atoms with Crippen LogP contribution in [0.4, 0.5) is 4.79 Å². The lowest BCUT2D eigenvalue weighted by Gasteiger charge is -2.30. The Morgan fingerprint density at radius 1 is 1.37 bits per heavy atom. The average molecular weight is 371 g/mol. The Labute approximate surface area is 156 Å². The van der Waals surface area contributed by atoms with Crippen molar-refractivity contribution in [2.75, 3.05) is 13.1 Å². The Balaban J connectivity index is 1.55. The van der Waals surface area contributed by atoms with Gasteiger partial charge in [0.1, 0.15) is 12.4 Å². The van der Waals surface area contributed by atoms with Crippen LogP contribution in [-0.2, 0) is 6.42 Å². The number of piperidine rings is 1. The first kappa shape index (κ1) is 18.6. The molecule has 3 heterocycles. The van der Waals surface area contributed by atoms with Crippen molar-refractivity contribution in [3.8, 4) is 11.8 Å². The van der Waals surface area contributed by atoms with Gasteiger partial charge in [-0.15, -0.1) is 0 Å². The van der Waals surface area contributed by atoms with Crippen molar-refractivity contribution in [1.29, 1.82) is 0 Å². The third-order valence-electron chi connectivity index (χ3n) is 4.25. The van der Waals surface area contributed by atoms with E-state index in [-0.39, 0.29) is 6.10 Å². The van der Waals surface area contributed by atoms with Gasteiger partial charge in [0.2, 0.25) is 5.88 Å². The van der Waals surface area contributed by atoms with Gasteiger partial charge in [-0.25, -0.2) is 9.78 Å². The van der Waals surface area contributed by atoms with Gasteiger partial charge in [-0.05, 0) is 18.6 Å². The number of amides is 1. The molecule has 0 spiro atoms. The zero-order chi connectivity index (χ0) is 19.1. The molecule has 1 amide bonds. The molecule has 1 fully saturated rings. The monoisotopic (exact) mass is 371 g/mol. The predicted octanol–water partition coefficient (Wildman–Crippen LogP) is 2.31. The van der Waals surface area contributed by atoms with E-state index in [1.165, 1.54) is 11.2 Å². The van der Waals surface area contributed by atoms with Gasteiger partial charge >= 0.3 is 6.09 Å². The fourth-order valence-electron chi connectivity index (χ4n) is 2.70. The standard InChI is InChI=1S/C18H21N5O4/c1-13-16(26-15-5-9-23(10-6-15)18(24)25)20-12-21-17(13)27-22-8-4-14-3-2-7-19-11-14/h2-3,7-8,11-12,15H,4-6,9-10H2,1H3,(H,24,25). The quantitative estimate of drug-likeness (QED) is 0.613. The summed E-state index contributed by atoms with van der Waals surface area (Å²) in [6, 6.07) is 3.82. The third kappa shape index (κ3) is 5.13. The van der Waals surface area contributed by atoms with E-state index in [1.54, 1.807) is 25.5 Å². The van der Waals surface area contributed by atoms with Crippen LogP contribution in [0, 0.1) is 6.92 Å². The highest BCUT2D eigenvalue weighted by Gasteiger charge is 2.24. The molecule has 27 heavy (non-hydrogen) atoms. The highest BCUT2D eigenvalue weighted by atomic mass is 16.6. The Morgan fingerprint density at radius 3 is 2.85 bits per heavy atom. The number of ether oxygens (including phenoxy) is 1. The summed E-state index contributed by atoms with van der Waals surface area (Å²) >= 11 is 0. The van der Waals surface area contributed by atoms with Crippen molar-refractivity contribution in [3.63, 3.8) is 0 Å². The van der Waals surface area contributed by atoms with E-state index in [9.17, 15) is 4.79 Å². The van der Waals surface area contributed by atoms with Crippen molar-refractivity contribution in [3.05, 3.63) is 42.0 Å². The molecule has 142 valence electrons. The Hall–Kier alpha value is -3.23. The number of aromatic nitrogens is 3. The lowest BCUT2D eigenvalue weighted by molar-refractivity contribution is 0.0863. The van der Waals surface area contributed by atoms with E-state index < -0.39 is 6.09 Å². The Bertz CT molecular complexity index is 792. The molecule has 0 atom stereocenters. The van der Waals surface area contributed by atoms with Crippen molar-refractivity contribution < 1.29 is 19.5 Å². The highest BCUT2D eigenvalue weighted by Crippen LogP contribution is 2.25. The summed E-state index contributed by atoms with van der Waals surface area (Å²) in [5.41, 5.74) is 1.68. The van der Waals surface area contributed by atoms with E-state index in [4.69, 9.17) is 14.7 Å². The molecule has 2 aromatic rings. The minimum atomic E-state index is -0.897. The normalized spacial score (nSPS) is 15.1. The van der Waals surface area contributed by atoms with Gasteiger partial charge < -0.3 is 19.6 Å². The van der Waals surface area contributed by atoms with Gasteiger partial charge in [-0.3, -0.25) is 4.98 Å². The first-order valence-corrected chi connectivity index (χ1v) is 8.67. The van der Waals surface area contributed by atoms with Gasteiger partial charge in [0.25, 0.3) is 5.88 Å². The Morgan fingerprint density at radius 2 is 2.15 bits per heavy atom. The van der Waals surface area contributed by atoms with Crippen LogP contribution in [-0.4, -0.2) is 56.5 Å². The predicted molar refractivity (Wildman–Crippen MR) is 97.1 cm³/mol. The summed E-state index contributed by atoms with van der Waals surface area (Å²) in [6.07, 6.45) is 7.34. The number of oxime groups is 1. The maximum Gasteiger partial charge on any atom is 0.407 e. The van der Waals surface area contributed by atoms with Gasteiger partial charge in [-0.1, -0.05) is 11.2 Å². The van der Waals surface area contributed by atoms with E-state index in [0.29, 0.717) is 49.7 Å². The molecule has 1 saturated heterocycles. The molecule has 9 heteroatoms. The summed E-state index contributed by atoms with van der Waals surface area (Å²) in [7, 11) is 0. The summed E-state index contributed by atoms with van der Waals surface area (Å²) in [5.74, 6) is 0.752. The lowest BCUT2D eigenvalue weighted by atomic mass is 10.1. The van der Waals surface area contributed by atoms with E-state index in [1.807, 2.05) is 12.1 Å². The fraction of sp³-hybridized carbons (Fsp3) is 0.389. The number of rotatable bonds is 6. The molecule has 0 radical (unpaired) electrons. The fourth-order valence-corrected chi connectivity index (χ4v) is 2.70. The number of likely N-dealkylation sites (tertiary alicyclic amines) is 1. The van der Waals surface area contributed by atoms with Crippen molar-refractivity contribution >= 4 is 12.3 Å². The Kier molecular flexibility index (Phi) is 6.14. The van der Waals surface area contributed by atoms with Gasteiger partial charge in [-0.2, -0.15) is 4.98 Å². The largest absolute Gasteiger partial charge is 0.474 e. The number of carbonyl (C=O) groups is 1. The zero-order valence-corrected chi connectivity index (χ0v) is 15.0. The molecule has 0 aromatic carbocycles. The first-order valence-electron chi connectivity index (χ1n) is 8.67. The van der Waals surface area contributed by atoms with Crippen molar-refractivity contribution in [2.24, 2.45) is 5.16 Å². The second-order valence-electron chi connectivity index (χ2n) is 6.14. The molecule has 1 aliphatic rings. The topological polar surface area (TPSA) is 110 Å².